The number of aryl methyl sites for hydroxylation is 1. The van der Waals surface area contributed by atoms with Crippen LogP contribution in [0.25, 0.3) is 0 Å². The molecule has 0 saturated carbocycles. The van der Waals surface area contributed by atoms with Crippen LogP contribution >= 0.6 is 0 Å². The third-order valence-electron chi connectivity index (χ3n) is 3.02. The molecule has 0 aliphatic carbocycles. The second-order valence-electron chi connectivity index (χ2n) is 5.90. The van der Waals surface area contributed by atoms with Crippen LogP contribution in [0.2, 0.25) is 0 Å². The van der Waals surface area contributed by atoms with Gasteiger partial charge in [0.1, 0.15) is 11.6 Å². The molecule has 0 aliphatic rings. The standard InChI is InChI=1S/C15H19F2N3/c1-15(2,3)14-10(9-20(4)19-14)8-18-13-6-5-11(16)7-12(13)17/h5-7,9,18H,8H2,1-4H3. The van der Waals surface area contributed by atoms with Crippen LogP contribution in [0.15, 0.2) is 24.4 Å². The summed E-state index contributed by atoms with van der Waals surface area (Å²) in [6.07, 6.45) is 1.91. The lowest BCUT2D eigenvalue weighted by Gasteiger charge is -2.18. The number of rotatable bonds is 3. The van der Waals surface area contributed by atoms with E-state index in [9.17, 15) is 8.78 Å². The van der Waals surface area contributed by atoms with Crippen molar-refractivity contribution in [2.45, 2.75) is 32.7 Å². The van der Waals surface area contributed by atoms with Crippen LogP contribution in [-0.4, -0.2) is 9.78 Å². The van der Waals surface area contributed by atoms with Crippen LogP contribution in [-0.2, 0) is 19.0 Å². The SMILES string of the molecule is Cn1cc(CNc2ccc(F)cc2F)c(C(C)(C)C)n1. The van der Waals surface area contributed by atoms with Gasteiger partial charge in [0.15, 0.2) is 0 Å². The Kier molecular flexibility index (Phi) is 3.79. The molecule has 0 fully saturated rings. The molecule has 1 heterocycles. The molecular weight excluding hydrogens is 260 g/mol. The van der Waals surface area contributed by atoms with Crippen molar-refractivity contribution in [3.05, 3.63) is 47.3 Å². The fourth-order valence-electron chi connectivity index (χ4n) is 2.12. The highest BCUT2D eigenvalue weighted by atomic mass is 19.1. The monoisotopic (exact) mass is 279 g/mol. The fraction of sp³-hybridized carbons (Fsp3) is 0.400. The largest absolute Gasteiger partial charge is 0.378 e. The molecule has 2 rings (SSSR count). The molecule has 1 aromatic carbocycles. The number of hydrogen-bond donors (Lipinski definition) is 1. The van der Waals surface area contributed by atoms with E-state index in [1.165, 1.54) is 12.1 Å². The van der Waals surface area contributed by atoms with Crippen molar-refractivity contribution in [2.75, 3.05) is 5.32 Å². The van der Waals surface area contributed by atoms with Crippen molar-refractivity contribution < 1.29 is 8.78 Å². The maximum absolute atomic E-state index is 13.6. The predicted octanol–water partition coefficient (Wildman–Crippen LogP) is 3.61. The molecule has 0 bridgehead atoms. The van der Waals surface area contributed by atoms with Crippen molar-refractivity contribution in [1.29, 1.82) is 0 Å². The summed E-state index contributed by atoms with van der Waals surface area (Å²) in [5.74, 6) is -1.17. The minimum Gasteiger partial charge on any atom is -0.378 e. The Bertz CT molecular complexity index is 612. The molecule has 2 aromatic rings. The Balaban J connectivity index is 2.19. The number of anilines is 1. The molecule has 0 saturated heterocycles. The summed E-state index contributed by atoms with van der Waals surface area (Å²) in [7, 11) is 1.86. The zero-order chi connectivity index (χ0) is 14.9. The average molecular weight is 279 g/mol. The minimum absolute atomic E-state index is 0.0837. The molecule has 0 radical (unpaired) electrons. The molecule has 1 aromatic heterocycles. The lowest BCUT2D eigenvalue weighted by molar-refractivity contribution is 0.548. The van der Waals surface area contributed by atoms with Gasteiger partial charge in [-0.05, 0) is 12.1 Å². The first-order valence-electron chi connectivity index (χ1n) is 6.49. The molecule has 0 spiro atoms. The van der Waals surface area contributed by atoms with E-state index in [2.05, 4.69) is 31.2 Å². The molecule has 0 amide bonds. The van der Waals surface area contributed by atoms with Gasteiger partial charge >= 0.3 is 0 Å². The topological polar surface area (TPSA) is 29.9 Å². The van der Waals surface area contributed by atoms with Crippen LogP contribution < -0.4 is 5.32 Å². The third-order valence-corrected chi connectivity index (χ3v) is 3.02. The van der Waals surface area contributed by atoms with E-state index in [1.807, 2.05) is 13.2 Å². The highest BCUT2D eigenvalue weighted by Gasteiger charge is 2.21. The summed E-state index contributed by atoms with van der Waals surface area (Å²) in [5, 5.41) is 7.44. The summed E-state index contributed by atoms with van der Waals surface area (Å²) in [5.41, 5.74) is 2.17. The summed E-state index contributed by atoms with van der Waals surface area (Å²) in [6, 6.07) is 3.51. The molecule has 108 valence electrons. The Morgan fingerprint density at radius 1 is 1.25 bits per heavy atom. The van der Waals surface area contributed by atoms with Gasteiger partial charge < -0.3 is 5.32 Å². The van der Waals surface area contributed by atoms with Gasteiger partial charge in [0.2, 0.25) is 0 Å². The van der Waals surface area contributed by atoms with Crippen molar-refractivity contribution >= 4 is 5.69 Å². The number of nitrogens with one attached hydrogen (secondary N) is 1. The van der Waals surface area contributed by atoms with E-state index >= 15 is 0 Å². The number of aromatic nitrogens is 2. The lowest BCUT2D eigenvalue weighted by Crippen LogP contribution is -2.16. The Morgan fingerprint density at radius 3 is 2.55 bits per heavy atom. The van der Waals surface area contributed by atoms with Crippen LogP contribution in [0, 0.1) is 11.6 Å². The van der Waals surface area contributed by atoms with Crippen LogP contribution in [0.1, 0.15) is 32.0 Å². The first-order valence-corrected chi connectivity index (χ1v) is 6.49. The molecule has 3 nitrogen and oxygen atoms in total. The molecular formula is C15H19F2N3. The Morgan fingerprint density at radius 2 is 1.95 bits per heavy atom. The Hall–Kier alpha value is -1.91. The lowest BCUT2D eigenvalue weighted by atomic mass is 9.89. The zero-order valence-electron chi connectivity index (χ0n) is 12.2. The van der Waals surface area contributed by atoms with E-state index < -0.39 is 11.6 Å². The second-order valence-corrected chi connectivity index (χ2v) is 5.90. The van der Waals surface area contributed by atoms with Crippen molar-refractivity contribution in [3.63, 3.8) is 0 Å². The van der Waals surface area contributed by atoms with Crippen molar-refractivity contribution in [2.24, 2.45) is 7.05 Å². The predicted molar refractivity (Wildman–Crippen MR) is 75.6 cm³/mol. The first-order chi connectivity index (χ1) is 9.27. The molecule has 20 heavy (non-hydrogen) atoms. The number of hydrogen-bond acceptors (Lipinski definition) is 2. The highest BCUT2D eigenvalue weighted by Crippen LogP contribution is 2.25. The van der Waals surface area contributed by atoms with E-state index in [0.29, 0.717) is 6.54 Å². The normalized spacial score (nSPS) is 11.7. The smallest absolute Gasteiger partial charge is 0.149 e. The van der Waals surface area contributed by atoms with Crippen molar-refractivity contribution in [3.8, 4) is 0 Å². The van der Waals surface area contributed by atoms with Gasteiger partial charge in [-0.3, -0.25) is 4.68 Å². The second kappa shape index (κ2) is 5.23. The summed E-state index contributed by atoms with van der Waals surface area (Å²) < 4.78 is 28.2. The van der Waals surface area contributed by atoms with Gasteiger partial charge in [-0.25, -0.2) is 8.78 Å². The first kappa shape index (κ1) is 14.5. The fourth-order valence-corrected chi connectivity index (χ4v) is 2.12. The highest BCUT2D eigenvalue weighted by molar-refractivity contribution is 5.45. The number of halogens is 2. The number of benzene rings is 1. The minimum atomic E-state index is -0.591. The zero-order valence-corrected chi connectivity index (χ0v) is 12.2. The van der Waals surface area contributed by atoms with Gasteiger partial charge in [0.05, 0.1) is 11.4 Å². The number of nitrogens with zero attached hydrogens (tertiary/aromatic N) is 2. The third kappa shape index (κ3) is 3.15. The molecule has 0 aliphatic heterocycles. The van der Waals surface area contributed by atoms with Gasteiger partial charge in [0.25, 0.3) is 0 Å². The average Bonchev–Trinajstić information content (AvgIpc) is 2.69. The van der Waals surface area contributed by atoms with Gasteiger partial charge in [-0.15, -0.1) is 0 Å². The maximum Gasteiger partial charge on any atom is 0.149 e. The maximum atomic E-state index is 13.6. The van der Waals surface area contributed by atoms with Gasteiger partial charge in [0, 0.05) is 36.8 Å². The summed E-state index contributed by atoms with van der Waals surface area (Å²) in [6.45, 7) is 6.69. The van der Waals surface area contributed by atoms with E-state index in [4.69, 9.17) is 0 Å². The molecule has 0 unspecified atom stereocenters. The molecule has 1 N–H and O–H groups in total. The van der Waals surface area contributed by atoms with Crippen LogP contribution in [0.3, 0.4) is 0 Å². The Labute approximate surface area is 117 Å². The van der Waals surface area contributed by atoms with Crippen LogP contribution in [0.4, 0.5) is 14.5 Å². The van der Waals surface area contributed by atoms with E-state index in [0.717, 1.165) is 17.3 Å². The quantitative estimate of drug-likeness (QED) is 0.930. The molecule has 0 atom stereocenters. The van der Waals surface area contributed by atoms with Crippen LogP contribution in [0.5, 0.6) is 0 Å². The molecule has 5 heteroatoms. The van der Waals surface area contributed by atoms with Gasteiger partial charge in [-0.1, -0.05) is 20.8 Å². The van der Waals surface area contributed by atoms with Crippen molar-refractivity contribution in [1.82, 2.24) is 9.78 Å². The van der Waals surface area contributed by atoms with E-state index in [-0.39, 0.29) is 11.1 Å². The summed E-state index contributed by atoms with van der Waals surface area (Å²) >= 11 is 0. The van der Waals surface area contributed by atoms with Gasteiger partial charge in [-0.2, -0.15) is 5.10 Å². The van der Waals surface area contributed by atoms with E-state index in [1.54, 1.807) is 4.68 Å². The summed E-state index contributed by atoms with van der Waals surface area (Å²) in [4.78, 5) is 0.